The third-order valence-electron chi connectivity index (χ3n) is 3.65. The van der Waals surface area contributed by atoms with Crippen LogP contribution in [0.1, 0.15) is 0 Å². The minimum Gasteiger partial charge on any atom is -0.611 e. The molecule has 17 heteroatoms. The number of aliphatic hydroxyl groups excluding tert-OH is 2. The minimum atomic E-state index is -1.20. The number of carbonyl (C=O) groups excluding carboxylic acids is 2. The molecule has 0 aliphatic carbocycles. The molecule has 37 heavy (non-hydrogen) atoms. The Morgan fingerprint density at radius 2 is 1.19 bits per heavy atom. The Morgan fingerprint density at radius 1 is 0.676 bits per heavy atom. The Labute approximate surface area is 247 Å². The maximum atomic E-state index is 11.9. The predicted octanol–water partition coefficient (Wildman–Crippen LogP) is 1.61. The first-order valence-corrected chi connectivity index (χ1v) is 19.7. The van der Waals surface area contributed by atoms with Gasteiger partial charge in [0.25, 0.3) is 10.5 Å². The normalized spacial score (nSPS) is 13.3. The van der Waals surface area contributed by atoms with Crippen LogP contribution < -0.4 is 10.6 Å². The fourth-order valence-corrected chi connectivity index (χ4v) is 7.34. The van der Waals surface area contributed by atoms with Gasteiger partial charge < -0.3 is 30.0 Å². The van der Waals surface area contributed by atoms with Crippen LogP contribution in [-0.2, 0) is 22.4 Å². The van der Waals surface area contributed by atoms with E-state index < -0.39 is 22.4 Å². The van der Waals surface area contributed by atoms with Gasteiger partial charge in [-0.15, -0.1) is 0 Å². The van der Waals surface area contributed by atoms with E-state index in [1.807, 2.05) is 0 Å². The van der Waals surface area contributed by atoms with Gasteiger partial charge in [-0.1, -0.05) is 23.5 Å². The van der Waals surface area contributed by atoms with Crippen molar-refractivity contribution in [3.63, 3.8) is 0 Å². The second-order valence-electron chi connectivity index (χ2n) is 6.60. The van der Waals surface area contributed by atoms with Crippen LogP contribution in [0.25, 0.3) is 0 Å². The second-order valence-corrected chi connectivity index (χ2v) is 15.2. The average Bonchev–Trinajstić information content (AvgIpc) is 2.88. The lowest BCUT2D eigenvalue weighted by molar-refractivity contribution is 0.260. The highest BCUT2D eigenvalue weighted by molar-refractivity contribution is 8.14. The Hall–Kier alpha value is 0.570. The van der Waals surface area contributed by atoms with Crippen LogP contribution in [-0.4, -0.2) is 138 Å². The standard InChI is InChI=1S/C20H38N4O6S7/c25-5-11-34-19(27)23-3-9-32-8-2-22-18-37(30)16-14-33-12-13-35-20(28)24-4-10-31-7-1-21-17-36(29)15-6-26/h17-18,25-26H,1-16H2,(H,23,27)(H,24,28)/b21-17-,22-18+. The minimum absolute atomic E-state index is 0.0108. The SMILES string of the molecule is O=C(NCCSCC/N=C/[S+]([O-])CCSCCSC(=O)NCCSCC/N=C\[S+]([O-])CCO)SCCO. The van der Waals surface area contributed by atoms with Crippen molar-refractivity contribution in [2.75, 3.05) is 96.9 Å². The monoisotopic (exact) mass is 654 g/mol. The van der Waals surface area contributed by atoms with Crippen molar-refractivity contribution in [1.82, 2.24) is 10.6 Å². The van der Waals surface area contributed by atoms with Gasteiger partial charge in [0.15, 0.2) is 0 Å². The molecule has 2 atom stereocenters. The zero-order valence-corrected chi connectivity index (χ0v) is 26.5. The van der Waals surface area contributed by atoms with Crippen LogP contribution in [0, 0.1) is 0 Å². The summed E-state index contributed by atoms with van der Waals surface area (Å²) in [5.41, 5.74) is 2.87. The molecule has 0 aromatic carbocycles. The summed E-state index contributed by atoms with van der Waals surface area (Å²) < 4.78 is 23.2. The Balaban J connectivity index is 3.46. The number of hydrogen-bond acceptors (Lipinski definition) is 13. The molecule has 0 spiro atoms. The smallest absolute Gasteiger partial charge is 0.279 e. The van der Waals surface area contributed by atoms with Crippen LogP contribution in [0.4, 0.5) is 9.59 Å². The van der Waals surface area contributed by atoms with E-state index in [-0.39, 0.29) is 29.4 Å². The van der Waals surface area contributed by atoms with Gasteiger partial charge in [-0.2, -0.15) is 35.3 Å². The Kier molecular flexibility index (Phi) is 30.0. The van der Waals surface area contributed by atoms with Crippen LogP contribution in [0.5, 0.6) is 0 Å². The maximum absolute atomic E-state index is 11.9. The highest BCUT2D eigenvalue weighted by atomic mass is 32.2. The molecule has 0 fully saturated rings. The van der Waals surface area contributed by atoms with Crippen molar-refractivity contribution in [2.24, 2.45) is 9.98 Å². The average molecular weight is 655 g/mol. The van der Waals surface area contributed by atoms with Gasteiger partial charge in [0.2, 0.25) is 11.1 Å². The molecule has 0 aliphatic heterocycles. The van der Waals surface area contributed by atoms with Crippen molar-refractivity contribution in [3.8, 4) is 0 Å². The summed E-state index contributed by atoms with van der Waals surface area (Å²) in [5.74, 6) is 6.55. The molecule has 216 valence electrons. The lowest BCUT2D eigenvalue weighted by Gasteiger charge is -2.06. The van der Waals surface area contributed by atoms with Crippen molar-refractivity contribution < 1.29 is 28.9 Å². The molecule has 2 unspecified atom stereocenters. The van der Waals surface area contributed by atoms with Crippen LogP contribution in [0.15, 0.2) is 9.98 Å². The molecule has 10 nitrogen and oxygen atoms in total. The quantitative estimate of drug-likeness (QED) is 0.0516. The number of hydrogen-bond donors (Lipinski definition) is 4. The third kappa shape index (κ3) is 29.4. The molecular formula is C20H38N4O6S7. The van der Waals surface area contributed by atoms with Gasteiger partial charge in [0.05, 0.1) is 26.3 Å². The van der Waals surface area contributed by atoms with Crippen molar-refractivity contribution in [1.29, 1.82) is 0 Å². The molecule has 0 aromatic heterocycles. The summed E-state index contributed by atoms with van der Waals surface area (Å²) in [5, 5.41) is 22.7. The lowest BCUT2D eigenvalue weighted by Crippen LogP contribution is -2.22. The first-order valence-electron chi connectivity index (χ1n) is 11.5. The lowest BCUT2D eigenvalue weighted by atomic mass is 10.8. The summed E-state index contributed by atoms with van der Waals surface area (Å²) in [6, 6.07) is 0. The molecule has 0 bridgehead atoms. The zero-order valence-electron chi connectivity index (χ0n) is 20.7. The molecule has 0 aromatic rings. The molecule has 0 heterocycles. The second kappa shape index (κ2) is 29.6. The first-order chi connectivity index (χ1) is 18.0. The number of amides is 2. The molecular weight excluding hydrogens is 617 g/mol. The first kappa shape index (κ1) is 37.6. The number of nitrogens with zero attached hydrogens (tertiary/aromatic N) is 2. The van der Waals surface area contributed by atoms with Crippen molar-refractivity contribution >= 4 is 103 Å². The number of aliphatic hydroxyl groups is 2. The fraction of sp³-hybridized carbons (Fsp3) is 0.800. The summed E-state index contributed by atoms with van der Waals surface area (Å²) >= 11 is 5.02. The molecule has 2 amide bonds. The van der Waals surface area contributed by atoms with E-state index in [2.05, 4.69) is 20.6 Å². The number of rotatable bonds is 24. The largest absolute Gasteiger partial charge is 0.611 e. The van der Waals surface area contributed by atoms with E-state index in [1.54, 1.807) is 35.3 Å². The van der Waals surface area contributed by atoms with Gasteiger partial charge >= 0.3 is 0 Å². The molecule has 0 radical (unpaired) electrons. The van der Waals surface area contributed by atoms with Gasteiger partial charge in [0, 0.05) is 59.1 Å². The highest BCUT2D eigenvalue weighted by Gasteiger charge is 2.05. The number of carbonyl (C=O) groups is 2. The molecule has 0 aliphatic rings. The fourth-order valence-electron chi connectivity index (χ4n) is 2.03. The third-order valence-corrected chi connectivity index (χ3v) is 10.7. The number of nitrogens with one attached hydrogen (secondary N) is 2. The summed E-state index contributed by atoms with van der Waals surface area (Å²) in [6.07, 6.45) is 0. The van der Waals surface area contributed by atoms with E-state index in [0.29, 0.717) is 43.4 Å². The molecule has 0 saturated carbocycles. The number of thioether (sulfide) groups is 5. The number of aliphatic imine (C=N–C) groups is 2. The molecule has 0 rings (SSSR count). The highest BCUT2D eigenvalue weighted by Crippen LogP contribution is 2.09. The zero-order chi connectivity index (χ0) is 27.4. The van der Waals surface area contributed by atoms with Gasteiger partial charge in [0.1, 0.15) is 11.5 Å². The summed E-state index contributed by atoms with van der Waals surface area (Å²) in [7, 11) is 0. The summed E-state index contributed by atoms with van der Waals surface area (Å²) in [4.78, 5) is 31.4. The topological polar surface area (TPSA) is 169 Å². The van der Waals surface area contributed by atoms with Crippen LogP contribution in [0.2, 0.25) is 0 Å². The molecule has 0 saturated heterocycles. The van der Waals surface area contributed by atoms with E-state index in [0.717, 1.165) is 46.3 Å². The van der Waals surface area contributed by atoms with E-state index in [4.69, 9.17) is 10.2 Å². The maximum Gasteiger partial charge on any atom is 0.279 e. The Bertz CT molecular complexity index is 626. The predicted molar refractivity (Wildman–Crippen MR) is 171 cm³/mol. The van der Waals surface area contributed by atoms with E-state index in [9.17, 15) is 18.7 Å². The van der Waals surface area contributed by atoms with Crippen molar-refractivity contribution in [3.05, 3.63) is 0 Å². The van der Waals surface area contributed by atoms with Crippen LogP contribution >= 0.6 is 58.8 Å². The van der Waals surface area contributed by atoms with E-state index in [1.165, 1.54) is 22.9 Å². The summed E-state index contributed by atoms with van der Waals surface area (Å²) in [6.45, 7) is 2.18. The Morgan fingerprint density at radius 3 is 1.73 bits per heavy atom. The van der Waals surface area contributed by atoms with Gasteiger partial charge in [-0.3, -0.25) is 9.59 Å². The van der Waals surface area contributed by atoms with Crippen LogP contribution in [0.3, 0.4) is 0 Å². The molecule has 4 N–H and O–H groups in total. The van der Waals surface area contributed by atoms with E-state index >= 15 is 0 Å². The van der Waals surface area contributed by atoms with Gasteiger partial charge in [-0.25, -0.2) is 9.98 Å². The van der Waals surface area contributed by atoms with Gasteiger partial charge in [-0.05, 0) is 22.4 Å². The van der Waals surface area contributed by atoms with Crippen molar-refractivity contribution in [2.45, 2.75) is 0 Å².